The maximum atomic E-state index is 13.4. The third-order valence-electron chi connectivity index (χ3n) is 1.98. The zero-order valence-corrected chi connectivity index (χ0v) is 10.1. The fourth-order valence-corrected chi connectivity index (χ4v) is 1.37. The number of carbonyl (C=O) groups excluding carboxylic acids is 1. The molecule has 1 aromatic rings. The predicted octanol–water partition coefficient (Wildman–Crippen LogP) is 2.85. The van der Waals surface area contributed by atoms with E-state index in [0.29, 0.717) is 4.47 Å². The molecular weight excluding hydrogens is 261 g/mol. The van der Waals surface area contributed by atoms with Crippen molar-refractivity contribution in [1.29, 1.82) is 0 Å². The van der Waals surface area contributed by atoms with Gasteiger partial charge < -0.3 is 4.90 Å². The number of hydrogen-bond donors (Lipinski definition) is 0. The van der Waals surface area contributed by atoms with Gasteiger partial charge in [-0.15, -0.1) is 0 Å². The molecular formula is C11H11BrFNO. The standard InChI is InChI=1S/C11H11BrFNO/c1-7(14(2)3)11(15)9-5-4-8(12)6-10(9)13/h4-6H,1H2,2-3H3. The topological polar surface area (TPSA) is 20.3 Å². The molecule has 0 aliphatic heterocycles. The molecule has 0 aromatic heterocycles. The van der Waals surface area contributed by atoms with Crippen LogP contribution in [-0.4, -0.2) is 24.8 Å². The van der Waals surface area contributed by atoms with Gasteiger partial charge in [0.25, 0.3) is 0 Å². The Balaban J connectivity index is 3.07. The first kappa shape index (κ1) is 11.9. The molecule has 0 saturated carbocycles. The smallest absolute Gasteiger partial charge is 0.211 e. The van der Waals surface area contributed by atoms with Gasteiger partial charge in [-0.1, -0.05) is 22.5 Å². The number of nitrogens with zero attached hydrogens (tertiary/aromatic N) is 1. The molecule has 0 saturated heterocycles. The summed E-state index contributed by atoms with van der Waals surface area (Å²) < 4.78 is 14.0. The fourth-order valence-electron chi connectivity index (χ4n) is 1.03. The van der Waals surface area contributed by atoms with Crippen LogP contribution in [0.3, 0.4) is 0 Å². The van der Waals surface area contributed by atoms with Gasteiger partial charge in [-0.25, -0.2) is 4.39 Å². The minimum Gasteiger partial charge on any atom is -0.375 e. The molecule has 0 spiro atoms. The van der Waals surface area contributed by atoms with Crippen molar-refractivity contribution in [2.24, 2.45) is 0 Å². The van der Waals surface area contributed by atoms with Crippen LogP contribution in [-0.2, 0) is 0 Å². The third kappa shape index (κ3) is 2.65. The van der Waals surface area contributed by atoms with Gasteiger partial charge in [0.1, 0.15) is 5.82 Å². The predicted molar refractivity (Wildman–Crippen MR) is 61.3 cm³/mol. The largest absolute Gasteiger partial charge is 0.375 e. The number of hydrogen-bond acceptors (Lipinski definition) is 2. The van der Waals surface area contributed by atoms with Crippen molar-refractivity contribution in [3.05, 3.63) is 46.3 Å². The highest BCUT2D eigenvalue weighted by Gasteiger charge is 2.16. The molecule has 0 atom stereocenters. The molecule has 15 heavy (non-hydrogen) atoms. The highest BCUT2D eigenvalue weighted by atomic mass is 79.9. The van der Waals surface area contributed by atoms with Crippen LogP contribution in [0.1, 0.15) is 10.4 Å². The van der Waals surface area contributed by atoms with Crippen molar-refractivity contribution in [3.63, 3.8) is 0 Å². The van der Waals surface area contributed by atoms with Crippen molar-refractivity contribution < 1.29 is 9.18 Å². The Hall–Kier alpha value is -1.16. The van der Waals surface area contributed by atoms with E-state index in [1.165, 1.54) is 12.1 Å². The van der Waals surface area contributed by atoms with E-state index in [-0.39, 0.29) is 11.3 Å². The molecule has 4 heteroatoms. The van der Waals surface area contributed by atoms with E-state index in [4.69, 9.17) is 0 Å². The molecule has 0 aliphatic rings. The Labute approximate surface area is 96.5 Å². The molecule has 1 rings (SSSR count). The normalized spacial score (nSPS) is 9.87. The molecule has 0 N–H and O–H groups in total. The Morgan fingerprint density at radius 3 is 2.53 bits per heavy atom. The van der Waals surface area contributed by atoms with Crippen LogP contribution in [0.4, 0.5) is 4.39 Å². The van der Waals surface area contributed by atoms with Crippen molar-refractivity contribution >= 4 is 21.7 Å². The number of halogens is 2. The number of benzene rings is 1. The highest BCUT2D eigenvalue weighted by molar-refractivity contribution is 9.10. The van der Waals surface area contributed by atoms with E-state index >= 15 is 0 Å². The van der Waals surface area contributed by atoms with Gasteiger partial charge in [0.15, 0.2) is 0 Å². The Bertz CT molecular complexity index is 415. The first-order valence-corrected chi connectivity index (χ1v) is 5.08. The van der Waals surface area contributed by atoms with Gasteiger partial charge in [0.05, 0.1) is 11.3 Å². The molecule has 0 bridgehead atoms. The van der Waals surface area contributed by atoms with E-state index in [1.54, 1.807) is 25.1 Å². The van der Waals surface area contributed by atoms with Gasteiger partial charge in [-0.05, 0) is 18.2 Å². The molecule has 1 aromatic carbocycles. The van der Waals surface area contributed by atoms with Crippen LogP contribution in [0, 0.1) is 5.82 Å². The van der Waals surface area contributed by atoms with E-state index in [0.717, 1.165) is 0 Å². The van der Waals surface area contributed by atoms with Gasteiger partial charge in [0, 0.05) is 18.6 Å². The molecule has 0 aliphatic carbocycles. The number of allylic oxidation sites excluding steroid dienone is 1. The maximum absolute atomic E-state index is 13.4. The van der Waals surface area contributed by atoms with Crippen LogP contribution in [0.2, 0.25) is 0 Å². The van der Waals surface area contributed by atoms with Gasteiger partial charge in [-0.2, -0.15) is 0 Å². The molecule has 0 radical (unpaired) electrons. The lowest BCUT2D eigenvalue weighted by Gasteiger charge is -2.14. The van der Waals surface area contributed by atoms with E-state index in [2.05, 4.69) is 22.5 Å². The summed E-state index contributed by atoms with van der Waals surface area (Å²) in [5, 5.41) is 0. The lowest BCUT2D eigenvalue weighted by Crippen LogP contribution is -2.19. The van der Waals surface area contributed by atoms with Crippen LogP contribution >= 0.6 is 15.9 Å². The summed E-state index contributed by atoms with van der Waals surface area (Å²) in [6, 6.07) is 4.33. The van der Waals surface area contributed by atoms with E-state index < -0.39 is 11.6 Å². The molecule has 0 heterocycles. The molecule has 0 unspecified atom stereocenters. The fraction of sp³-hybridized carbons (Fsp3) is 0.182. The molecule has 2 nitrogen and oxygen atoms in total. The number of Topliss-reactive ketones (excluding diaryl/α,β-unsaturated/α-hetero) is 1. The van der Waals surface area contributed by atoms with Crippen LogP contribution in [0.15, 0.2) is 34.9 Å². The summed E-state index contributed by atoms with van der Waals surface area (Å²) in [5.74, 6) is -0.942. The lowest BCUT2D eigenvalue weighted by atomic mass is 10.1. The summed E-state index contributed by atoms with van der Waals surface area (Å²) >= 11 is 3.13. The Kier molecular flexibility index (Phi) is 3.63. The lowest BCUT2D eigenvalue weighted by molar-refractivity contribution is 0.100. The second kappa shape index (κ2) is 4.57. The van der Waals surface area contributed by atoms with Crippen LogP contribution < -0.4 is 0 Å². The summed E-state index contributed by atoms with van der Waals surface area (Å²) in [6.07, 6.45) is 0. The minimum absolute atomic E-state index is 0.0388. The third-order valence-corrected chi connectivity index (χ3v) is 2.47. The second-order valence-electron chi connectivity index (χ2n) is 3.29. The van der Waals surface area contributed by atoms with Crippen LogP contribution in [0.5, 0.6) is 0 Å². The average molecular weight is 272 g/mol. The van der Waals surface area contributed by atoms with Gasteiger partial charge in [-0.3, -0.25) is 4.79 Å². The minimum atomic E-state index is -0.544. The summed E-state index contributed by atoms with van der Waals surface area (Å²) in [4.78, 5) is 13.3. The van der Waals surface area contributed by atoms with Crippen molar-refractivity contribution in [3.8, 4) is 0 Å². The average Bonchev–Trinajstić information content (AvgIpc) is 2.15. The monoisotopic (exact) mass is 271 g/mol. The zero-order valence-electron chi connectivity index (χ0n) is 8.55. The van der Waals surface area contributed by atoms with Crippen molar-refractivity contribution in [2.45, 2.75) is 0 Å². The zero-order chi connectivity index (χ0) is 11.6. The number of rotatable bonds is 3. The first-order valence-electron chi connectivity index (χ1n) is 4.29. The summed E-state index contributed by atoms with van der Waals surface area (Å²) in [5.41, 5.74) is 0.299. The summed E-state index contributed by atoms with van der Waals surface area (Å²) in [6.45, 7) is 3.59. The van der Waals surface area contributed by atoms with Crippen molar-refractivity contribution in [2.75, 3.05) is 14.1 Å². The van der Waals surface area contributed by atoms with E-state index in [1.807, 2.05) is 0 Å². The molecule has 0 amide bonds. The second-order valence-corrected chi connectivity index (χ2v) is 4.21. The molecule has 80 valence electrons. The number of likely N-dealkylation sites (N-methyl/N-ethyl adjacent to an activating group) is 1. The van der Waals surface area contributed by atoms with E-state index in [9.17, 15) is 9.18 Å². The Morgan fingerprint density at radius 2 is 2.07 bits per heavy atom. The van der Waals surface area contributed by atoms with Gasteiger partial charge in [0.2, 0.25) is 5.78 Å². The molecule has 0 fully saturated rings. The summed E-state index contributed by atoms with van der Waals surface area (Å²) in [7, 11) is 3.38. The van der Waals surface area contributed by atoms with Crippen LogP contribution in [0.25, 0.3) is 0 Å². The first-order chi connectivity index (χ1) is 6.93. The maximum Gasteiger partial charge on any atom is 0.211 e. The van der Waals surface area contributed by atoms with Gasteiger partial charge >= 0.3 is 0 Å². The highest BCUT2D eigenvalue weighted by Crippen LogP contribution is 2.18. The number of ketones is 1. The quantitative estimate of drug-likeness (QED) is 0.623. The number of carbonyl (C=O) groups is 1. The van der Waals surface area contributed by atoms with Crippen molar-refractivity contribution in [1.82, 2.24) is 4.90 Å². The Morgan fingerprint density at radius 1 is 1.47 bits per heavy atom. The SMILES string of the molecule is C=C(C(=O)c1ccc(Br)cc1F)N(C)C.